The number of pyridine rings is 1. The van der Waals surface area contributed by atoms with Gasteiger partial charge in [0.15, 0.2) is 0 Å². The topological polar surface area (TPSA) is 67.8 Å². The summed E-state index contributed by atoms with van der Waals surface area (Å²) >= 11 is 7.36. The Morgan fingerprint density at radius 2 is 2.00 bits per heavy atom. The van der Waals surface area contributed by atoms with Crippen molar-refractivity contribution >= 4 is 44.9 Å². The Bertz CT molecular complexity index is 1050. The molecule has 0 fully saturated rings. The van der Waals surface area contributed by atoms with Gasteiger partial charge >= 0.3 is 0 Å². The molecule has 1 N–H and O–H groups in total. The van der Waals surface area contributed by atoms with Gasteiger partial charge in [0.25, 0.3) is 5.91 Å². The molecule has 7 heteroatoms. The van der Waals surface area contributed by atoms with Gasteiger partial charge in [-0.2, -0.15) is 0 Å². The third-order valence-corrected chi connectivity index (χ3v) is 5.08. The van der Waals surface area contributed by atoms with E-state index in [-0.39, 0.29) is 5.91 Å². The maximum Gasteiger partial charge on any atom is 0.266 e. The van der Waals surface area contributed by atoms with Gasteiger partial charge in [-0.25, -0.2) is 15.0 Å². The number of amides is 1. The van der Waals surface area contributed by atoms with Crippen LogP contribution in [0.4, 0.5) is 5.82 Å². The van der Waals surface area contributed by atoms with Crippen molar-refractivity contribution in [2.75, 3.05) is 5.32 Å². The van der Waals surface area contributed by atoms with E-state index in [0.717, 1.165) is 27.8 Å². The van der Waals surface area contributed by atoms with Crippen molar-refractivity contribution in [3.63, 3.8) is 0 Å². The zero-order valence-electron chi connectivity index (χ0n) is 13.5. The van der Waals surface area contributed by atoms with E-state index in [2.05, 4.69) is 20.3 Å². The molecule has 0 radical (unpaired) electrons. The molecule has 26 heavy (non-hydrogen) atoms. The van der Waals surface area contributed by atoms with Gasteiger partial charge in [-0.1, -0.05) is 29.8 Å². The van der Waals surface area contributed by atoms with Crippen LogP contribution in [0.15, 0.2) is 61.2 Å². The molecule has 0 spiro atoms. The van der Waals surface area contributed by atoms with Gasteiger partial charge in [0.05, 0.1) is 15.1 Å². The van der Waals surface area contributed by atoms with Crippen LogP contribution in [0, 0.1) is 0 Å². The second kappa shape index (κ2) is 7.19. The number of carbonyl (C=O) groups is 1. The van der Waals surface area contributed by atoms with Crippen molar-refractivity contribution < 1.29 is 4.79 Å². The van der Waals surface area contributed by atoms with Gasteiger partial charge in [0.1, 0.15) is 12.1 Å². The smallest absolute Gasteiger partial charge is 0.266 e. The Hall–Kier alpha value is -2.83. The number of hydrogen-bond donors (Lipinski definition) is 1. The fraction of sp³-hybridized carbons (Fsp3) is 0.0526. The minimum absolute atomic E-state index is 0.205. The summed E-state index contributed by atoms with van der Waals surface area (Å²) in [6, 6.07) is 13.2. The molecule has 0 atom stereocenters. The summed E-state index contributed by atoms with van der Waals surface area (Å²) in [6.45, 7) is 0. The largest absolute Gasteiger partial charge is 0.306 e. The minimum atomic E-state index is -0.205. The molecule has 0 unspecified atom stereocenters. The first-order valence-electron chi connectivity index (χ1n) is 7.88. The number of carbonyl (C=O) groups excluding carboxylic acids is 1. The molecule has 128 valence electrons. The van der Waals surface area contributed by atoms with E-state index in [0.29, 0.717) is 15.7 Å². The highest BCUT2D eigenvalue weighted by molar-refractivity contribution is 7.20. The molecule has 0 saturated carbocycles. The van der Waals surface area contributed by atoms with Gasteiger partial charge in [0, 0.05) is 17.4 Å². The van der Waals surface area contributed by atoms with Gasteiger partial charge in [-0.05, 0) is 41.8 Å². The Morgan fingerprint density at radius 1 is 1.08 bits per heavy atom. The van der Waals surface area contributed by atoms with Crippen LogP contribution < -0.4 is 5.32 Å². The first-order chi connectivity index (χ1) is 12.7. The Labute approximate surface area is 158 Å². The van der Waals surface area contributed by atoms with Crippen LogP contribution in [0.1, 0.15) is 20.8 Å². The number of thiophene rings is 1. The molecular weight excluding hydrogens is 368 g/mol. The van der Waals surface area contributed by atoms with E-state index in [1.807, 2.05) is 30.3 Å². The van der Waals surface area contributed by atoms with Gasteiger partial charge in [0.2, 0.25) is 0 Å². The summed E-state index contributed by atoms with van der Waals surface area (Å²) in [5, 5.41) is 3.53. The summed E-state index contributed by atoms with van der Waals surface area (Å²) < 4.78 is 0.877. The fourth-order valence-corrected chi connectivity index (χ4v) is 3.65. The quantitative estimate of drug-likeness (QED) is 0.562. The molecule has 4 rings (SSSR count). The SMILES string of the molecule is O=C(Nc1ccc(Cc2cccc(Cl)c2)cn1)c1cc2ncncc2s1. The lowest BCUT2D eigenvalue weighted by atomic mass is 10.1. The van der Waals surface area contributed by atoms with Crippen LogP contribution in [0.3, 0.4) is 0 Å². The van der Waals surface area contributed by atoms with Crippen molar-refractivity contribution in [1.29, 1.82) is 0 Å². The maximum atomic E-state index is 12.4. The molecule has 3 heterocycles. The molecule has 3 aromatic heterocycles. The summed E-state index contributed by atoms with van der Waals surface area (Å²) in [6.07, 6.45) is 5.66. The van der Waals surface area contributed by atoms with Crippen LogP contribution in [-0.2, 0) is 6.42 Å². The van der Waals surface area contributed by atoms with E-state index in [9.17, 15) is 4.79 Å². The summed E-state index contributed by atoms with van der Waals surface area (Å²) in [4.78, 5) is 25.4. The van der Waals surface area contributed by atoms with E-state index in [4.69, 9.17) is 11.6 Å². The van der Waals surface area contributed by atoms with Crippen LogP contribution in [0.25, 0.3) is 10.2 Å². The van der Waals surface area contributed by atoms with E-state index in [1.54, 1.807) is 24.5 Å². The van der Waals surface area contributed by atoms with Crippen molar-refractivity contribution in [1.82, 2.24) is 15.0 Å². The zero-order valence-corrected chi connectivity index (χ0v) is 15.1. The standard InChI is InChI=1S/C19H13ClN4OS/c20-14-3-1-2-12(7-14)6-13-4-5-18(22-9-13)24-19(25)16-8-15-17(26-16)10-21-11-23-15/h1-5,7-11H,6H2,(H,22,24,25). The monoisotopic (exact) mass is 380 g/mol. The molecule has 0 aliphatic carbocycles. The average molecular weight is 381 g/mol. The Kier molecular flexibility index (Phi) is 4.60. The first-order valence-corrected chi connectivity index (χ1v) is 9.07. The van der Waals surface area contributed by atoms with Crippen LogP contribution >= 0.6 is 22.9 Å². The number of halogens is 1. The normalized spacial score (nSPS) is 10.8. The minimum Gasteiger partial charge on any atom is -0.306 e. The van der Waals surface area contributed by atoms with Crippen LogP contribution in [0.2, 0.25) is 5.02 Å². The highest BCUT2D eigenvalue weighted by Crippen LogP contribution is 2.23. The fourth-order valence-electron chi connectivity index (χ4n) is 2.56. The number of anilines is 1. The number of hydrogen-bond acceptors (Lipinski definition) is 5. The molecule has 0 saturated heterocycles. The molecule has 1 amide bonds. The lowest BCUT2D eigenvalue weighted by molar-refractivity contribution is 0.103. The van der Waals surface area contributed by atoms with Crippen LogP contribution in [0.5, 0.6) is 0 Å². The van der Waals surface area contributed by atoms with Crippen molar-refractivity contribution in [2.45, 2.75) is 6.42 Å². The second-order valence-electron chi connectivity index (χ2n) is 5.70. The van der Waals surface area contributed by atoms with Crippen molar-refractivity contribution in [3.8, 4) is 0 Å². The highest BCUT2D eigenvalue weighted by Gasteiger charge is 2.12. The Morgan fingerprint density at radius 3 is 2.77 bits per heavy atom. The molecular formula is C19H13ClN4OS. The number of rotatable bonds is 4. The third-order valence-electron chi connectivity index (χ3n) is 3.78. The number of nitrogens with one attached hydrogen (secondary N) is 1. The van der Waals surface area contributed by atoms with Crippen LogP contribution in [-0.4, -0.2) is 20.9 Å². The molecule has 4 aromatic rings. The number of benzene rings is 1. The molecule has 0 bridgehead atoms. The number of aromatic nitrogens is 3. The third kappa shape index (κ3) is 3.71. The van der Waals surface area contributed by atoms with E-state index in [1.165, 1.54) is 17.7 Å². The predicted octanol–water partition coefficient (Wildman–Crippen LogP) is 4.58. The lowest BCUT2D eigenvalue weighted by Gasteiger charge is -2.05. The number of nitrogens with zero attached hydrogens (tertiary/aromatic N) is 3. The Balaban J connectivity index is 1.45. The summed E-state index contributed by atoms with van der Waals surface area (Å²) in [5.41, 5.74) is 2.92. The molecule has 1 aromatic carbocycles. The first kappa shape index (κ1) is 16.6. The van der Waals surface area contributed by atoms with E-state index < -0.39 is 0 Å². The molecule has 0 aliphatic rings. The average Bonchev–Trinajstić information content (AvgIpc) is 3.08. The lowest BCUT2D eigenvalue weighted by Crippen LogP contribution is -2.11. The van der Waals surface area contributed by atoms with Crippen molar-refractivity contribution in [3.05, 3.63) is 82.2 Å². The summed E-state index contributed by atoms with van der Waals surface area (Å²) in [7, 11) is 0. The highest BCUT2D eigenvalue weighted by atomic mass is 35.5. The van der Waals surface area contributed by atoms with Gasteiger partial charge in [-0.3, -0.25) is 4.79 Å². The second-order valence-corrected chi connectivity index (χ2v) is 7.22. The van der Waals surface area contributed by atoms with Gasteiger partial charge in [-0.15, -0.1) is 11.3 Å². The maximum absolute atomic E-state index is 12.4. The van der Waals surface area contributed by atoms with Gasteiger partial charge < -0.3 is 5.32 Å². The molecule has 5 nitrogen and oxygen atoms in total. The predicted molar refractivity (Wildman–Crippen MR) is 104 cm³/mol. The van der Waals surface area contributed by atoms with Crippen molar-refractivity contribution in [2.24, 2.45) is 0 Å². The van der Waals surface area contributed by atoms with E-state index >= 15 is 0 Å². The molecule has 0 aliphatic heterocycles. The summed E-state index contributed by atoms with van der Waals surface area (Å²) in [5.74, 6) is 0.302. The number of fused-ring (bicyclic) bond motifs is 1. The zero-order chi connectivity index (χ0) is 17.9.